The van der Waals surface area contributed by atoms with Gasteiger partial charge in [-0.05, 0) is 64.4 Å². The van der Waals surface area contributed by atoms with Crippen LogP contribution >= 0.6 is 0 Å². The Balaban J connectivity index is 1.62. The molecule has 27 heavy (non-hydrogen) atoms. The molecule has 0 amide bonds. The largest absolute Gasteiger partial charge is 0.207 e. The molecule has 0 radical (unpaired) electrons. The van der Waals surface area contributed by atoms with Crippen LogP contribution in [-0.4, -0.2) is 0 Å². The molecule has 0 bridgehead atoms. The van der Waals surface area contributed by atoms with Gasteiger partial charge in [-0.3, -0.25) is 0 Å². The third kappa shape index (κ3) is 3.83. The summed E-state index contributed by atoms with van der Waals surface area (Å²) in [7, 11) is 0. The van der Waals surface area contributed by atoms with Crippen molar-refractivity contribution in [3.05, 3.63) is 120 Å². The van der Waals surface area contributed by atoms with Crippen LogP contribution in [0.1, 0.15) is 16.7 Å². The first kappa shape index (κ1) is 17.2. The molecule has 4 rings (SSSR count). The maximum absolute atomic E-state index is 13.1. The van der Waals surface area contributed by atoms with Crippen LogP contribution in [0.15, 0.2) is 97.1 Å². The van der Waals surface area contributed by atoms with E-state index in [9.17, 15) is 4.39 Å². The fraction of sp³-hybridized carbons (Fsp3) is 0.0769. The Morgan fingerprint density at radius 2 is 1.15 bits per heavy atom. The predicted molar refractivity (Wildman–Crippen MR) is 111 cm³/mol. The molecule has 0 nitrogen and oxygen atoms in total. The molecule has 0 aliphatic heterocycles. The zero-order valence-electron chi connectivity index (χ0n) is 15.3. The molecule has 0 saturated heterocycles. The van der Waals surface area contributed by atoms with Gasteiger partial charge < -0.3 is 0 Å². The van der Waals surface area contributed by atoms with E-state index >= 15 is 0 Å². The van der Waals surface area contributed by atoms with Gasteiger partial charge in [-0.1, -0.05) is 84.9 Å². The summed E-state index contributed by atoms with van der Waals surface area (Å²) in [4.78, 5) is 0. The molecular formula is C26H21F. The molecular weight excluding hydrogens is 331 g/mol. The minimum absolute atomic E-state index is 0.205. The quantitative estimate of drug-likeness (QED) is 0.369. The number of hydrogen-bond donors (Lipinski definition) is 0. The highest BCUT2D eigenvalue weighted by molar-refractivity contribution is 5.71. The number of hydrogen-bond acceptors (Lipinski definition) is 0. The summed E-state index contributed by atoms with van der Waals surface area (Å²) < 4.78 is 13.1. The first-order valence-electron chi connectivity index (χ1n) is 9.19. The van der Waals surface area contributed by atoms with Crippen LogP contribution in [0.2, 0.25) is 0 Å². The van der Waals surface area contributed by atoms with Crippen molar-refractivity contribution in [1.82, 2.24) is 0 Å². The minimum atomic E-state index is -0.205. The Labute approximate surface area is 159 Å². The molecule has 4 aromatic carbocycles. The van der Waals surface area contributed by atoms with Crippen molar-refractivity contribution in [3.63, 3.8) is 0 Å². The third-order valence-electron chi connectivity index (χ3n) is 4.98. The Bertz CT molecular complexity index is 1040. The number of rotatable bonds is 4. The average molecular weight is 352 g/mol. The molecule has 0 spiro atoms. The number of halogens is 1. The first-order valence-corrected chi connectivity index (χ1v) is 9.19. The van der Waals surface area contributed by atoms with E-state index in [1.807, 2.05) is 12.1 Å². The Kier molecular flexibility index (Phi) is 4.84. The molecule has 0 aliphatic rings. The zero-order valence-corrected chi connectivity index (χ0v) is 15.3. The van der Waals surface area contributed by atoms with Gasteiger partial charge in [0.25, 0.3) is 0 Å². The lowest BCUT2D eigenvalue weighted by Gasteiger charge is -2.12. The van der Waals surface area contributed by atoms with Gasteiger partial charge >= 0.3 is 0 Å². The van der Waals surface area contributed by atoms with Crippen LogP contribution in [-0.2, 0) is 6.42 Å². The van der Waals surface area contributed by atoms with Crippen molar-refractivity contribution < 1.29 is 4.39 Å². The lowest BCUT2D eigenvalue weighted by molar-refractivity contribution is 0.628. The summed E-state index contributed by atoms with van der Waals surface area (Å²) in [5.74, 6) is -0.205. The van der Waals surface area contributed by atoms with E-state index in [0.717, 1.165) is 17.5 Å². The van der Waals surface area contributed by atoms with Crippen molar-refractivity contribution in [1.29, 1.82) is 0 Å². The van der Waals surface area contributed by atoms with Gasteiger partial charge in [0, 0.05) is 0 Å². The monoisotopic (exact) mass is 352 g/mol. The fourth-order valence-corrected chi connectivity index (χ4v) is 3.49. The van der Waals surface area contributed by atoms with Crippen molar-refractivity contribution in [2.75, 3.05) is 0 Å². The van der Waals surface area contributed by atoms with Crippen molar-refractivity contribution in [3.8, 4) is 22.3 Å². The highest BCUT2D eigenvalue weighted by Crippen LogP contribution is 2.29. The van der Waals surface area contributed by atoms with Gasteiger partial charge in [-0.25, -0.2) is 4.39 Å². The Morgan fingerprint density at radius 1 is 0.593 bits per heavy atom. The SMILES string of the molecule is Cc1ccccc1-c1ccccc1Cc1ccc(-c2ccc(F)cc2)cc1. The maximum Gasteiger partial charge on any atom is 0.123 e. The molecule has 132 valence electrons. The maximum atomic E-state index is 13.1. The Hall–Kier alpha value is -3.19. The predicted octanol–water partition coefficient (Wildman–Crippen LogP) is 7.06. The van der Waals surface area contributed by atoms with Gasteiger partial charge in [0.2, 0.25) is 0 Å². The molecule has 0 unspecified atom stereocenters. The van der Waals surface area contributed by atoms with Crippen LogP contribution in [0.25, 0.3) is 22.3 Å². The molecule has 1 heteroatoms. The standard InChI is InChI=1S/C26H21F/c1-19-6-2-4-8-25(19)26-9-5-3-7-23(26)18-20-10-12-21(13-11-20)22-14-16-24(27)17-15-22/h2-17H,18H2,1H3. The van der Waals surface area contributed by atoms with Crippen LogP contribution < -0.4 is 0 Å². The molecule has 4 aromatic rings. The second-order valence-corrected chi connectivity index (χ2v) is 6.85. The van der Waals surface area contributed by atoms with E-state index in [4.69, 9.17) is 0 Å². The molecule has 0 N–H and O–H groups in total. The lowest BCUT2D eigenvalue weighted by Crippen LogP contribution is -1.93. The zero-order chi connectivity index (χ0) is 18.6. The van der Waals surface area contributed by atoms with E-state index in [1.165, 1.54) is 39.9 Å². The molecule has 0 fully saturated rings. The topological polar surface area (TPSA) is 0 Å². The van der Waals surface area contributed by atoms with Crippen molar-refractivity contribution in [2.45, 2.75) is 13.3 Å². The number of benzene rings is 4. The minimum Gasteiger partial charge on any atom is -0.207 e. The van der Waals surface area contributed by atoms with Gasteiger partial charge in [-0.15, -0.1) is 0 Å². The molecule has 0 heterocycles. The summed E-state index contributed by atoms with van der Waals surface area (Å²) in [6, 6.07) is 32.3. The molecule has 0 aliphatic carbocycles. The van der Waals surface area contributed by atoms with Gasteiger partial charge in [0.1, 0.15) is 5.82 Å². The molecule has 0 atom stereocenters. The van der Waals surface area contributed by atoms with E-state index in [2.05, 4.69) is 79.7 Å². The lowest BCUT2D eigenvalue weighted by atomic mass is 9.92. The molecule has 0 aromatic heterocycles. The van der Waals surface area contributed by atoms with E-state index in [-0.39, 0.29) is 5.82 Å². The first-order chi connectivity index (χ1) is 13.2. The third-order valence-corrected chi connectivity index (χ3v) is 4.98. The highest BCUT2D eigenvalue weighted by Gasteiger charge is 2.08. The van der Waals surface area contributed by atoms with Crippen LogP contribution in [0, 0.1) is 12.7 Å². The summed E-state index contributed by atoms with van der Waals surface area (Å²) in [6.07, 6.45) is 0.883. The highest BCUT2D eigenvalue weighted by atomic mass is 19.1. The molecule has 0 saturated carbocycles. The van der Waals surface area contributed by atoms with Crippen LogP contribution in [0.3, 0.4) is 0 Å². The number of aryl methyl sites for hydroxylation is 1. The van der Waals surface area contributed by atoms with E-state index < -0.39 is 0 Å². The van der Waals surface area contributed by atoms with Crippen LogP contribution in [0.5, 0.6) is 0 Å². The average Bonchev–Trinajstić information content (AvgIpc) is 2.70. The van der Waals surface area contributed by atoms with Gasteiger partial charge in [-0.2, -0.15) is 0 Å². The fourth-order valence-electron chi connectivity index (χ4n) is 3.49. The van der Waals surface area contributed by atoms with Gasteiger partial charge in [0.15, 0.2) is 0 Å². The summed E-state index contributed by atoms with van der Waals surface area (Å²) in [5, 5.41) is 0. The summed E-state index contributed by atoms with van der Waals surface area (Å²) in [5.41, 5.74) is 8.59. The van der Waals surface area contributed by atoms with Crippen LogP contribution in [0.4, 0.5) is 4.39 Å². The summed E-state index contributed by atoms with van der Waals surface area (Å²) in [6.45, 7) is 2.16. The van der Waals surface area contributed by atoms with Gasteiger partial charge in [0.05, 0.1) is 0 Å². The van der Waals surface area contributed by atoms with E-state index in [1.54, 1.807) is 0 Å². The van der Waals surface area contributed by atoms with E-state index in [0.29, 0.717) is 0 Å². The summed E-state index contributed by atoms with van der Waals surface area (Å²) >= 11 is 0. The smallest absolute Gasteiger partial charge is 0.123 e. The van der Waals surface area contributed by atoms with Crippen molar-refractivity contribution >= 4 is 0 Å². The normalized spacial score (nSPS) is 10.7. The van der Waals surface area contributed by atoms with Crippen molar-refractivity contribution in [2.24, 2.45) is 0 Å². The second kappa shape index (κ2) is 7.59. The second-order valence-electron chi connectivity index (χ2n) is 6.85. The Morgan fingerprint density at radius 3 is 1.81 bits per heavy atom.